The molecular formula is C13H30N2. The molecule has 0 aliphatic carbocycles. The van der Waals surface area contributed by atoms with Crippen molar-refractivity contribution in [1.82, 2.24) is 10.2 Å². The molecule has 0 aromatic rings. The molecule has 92 valence electrons. The number of nitrogens with zero attached hydrogens (tertiary/aromatic N) is 1. The Morgan fingerprint density at radius 1 is 1.13 bits per heavy atom. The van der Waals surface area contributed by atoms with Gasteiger partial charge in [-0.1, -0.05) is 27.2 Å². The van der Waals surface area contributed by atoms with Gasteiger partial charge in [0.1, 0.15) is 0 Å². The minimum absolute atomic E-state index is 0.657. The second-order valence-electron chi connectivity index (χ2n) is 5.14. The number of likely N-dealkylation sites (N-methyl/N-ethyl adjacent to an activating group) is 1. The highest BCUT2D eigenvalue weighted by molar-refractivity contribution is 4.64. The van der Waals surface area contributed by atoms with Crippen molar-refractivity contribution >= 4 is 0 Å². The van der Waals surface area contributed by atoms with E-state index in [1.165, 1.54) is 32.4 Å². The van der Waals surface area contributed by atoms with Gasteiger partial charge in [-0.25, -0.2) is 0 Å². The average Bonchev–Trinajstić information content (AvgIpc) is 2.13. The molecule has 2 heteroatoms. The molecule has 1 unspecified atom stereocenters. The Morgan fingerprint density at radius 3 is 2.33 bits per heavy atom. The standard InChI is InChI=1S/C13H30N2/c1-6-7-9-15(5)10-8-14-13(4)11-12(2)3/h12-14H,6-11H2,1-5H3. The molecule has 0 heterocycles. The summed E-state index contributed by atoms with van der Waals surface area (Å²) in [5, 5.41) is 3.58. The van der Waals surface area contributed by atoms with Gasteiger partial charge in [0.2, 0.25) is 0 Å². The van der Waals surface area contributed by atoms with Crippen LogP contribution in [0.5, 0.6) is 0 Å². The molecule has 1 atom stereocenters. The summed E-state index contributed by atoms with van der Waals surface area (Å²) in [5.41, 5.74) is 0. The van der Waals surface area contributed by atoms with Gasteiger partial charge >= 0.3 is 0 Å². The van der Waals surface area contributed by atoms with Crippen LogP contribution >= 0.6 is 0 Å². The molecular weight excluding hydrogens is 184 g/mol. The van der Waals surface area contributed by atoms with Gasteiger partial charge in [0.15, 0.2) is 0 Å². The lowest BCUT2D eigenvalue weighted by atomic mass is 10.1. The van der Waals surface area contributed by atoms with E-state index < -0.39 is 0 Å². The quantitative estimate of drug-likeness (QED) is 0.635. The van der Waals surface area contributed by atoms with Gasteiger partial charge < -0.3 is 10.2 Å². The maximum Gasteiger partial charge on any atom is 0.0104 e. The van der Waals surface area contributed by atoms with Crippen molar-refractivity contribution in [3.63, 3.8) is 0 Å². The van der Waals surface area contributed by atoms with Crippen molar-refractivity contribution in [1.29, 1.82) is 0 Å². The van der Waals surface area contributed by atoms with Crippen LogP contribution < -0.4 is 5.32 Å². The fourth-order valence-corrected chi connectivity index (χ4v) is 1.83. The van der Waals surface area contributed by atoms with E-state index in [1.807, 2.05) is 0 Å². The summed E-state index contributed by atoms with van der Waals surface area (Å²) in [6, 6.07) is 0.657. The molecule has 0 aromatic heterocycles. The molecule has 0 saturated carbocycles. The first kappa shape index (κ1) is 14.9. The van der Waals surface area contributed by atoms with Crippen LogP contribution in [-0.4, -0.2) is 37.6 Å². The monoisotopic (exact) mass is 214 g/mol. The van der Waals surface area contributed by atoms with Crippen molar-refractivity contribution in [3.05, 3.63) is 0 Å². The van der Waals surface area contributed by atoms with E-state index in [1.54, 1.807) is 0 Å². The number of unbranched alkanes of at least 4 members (excludes halogenated alkanes) is 1. The van der Waals surface area contributed by atoms with Crippen LogP contribution in [0.15, 0.2) is 0 Å². The maximum absolute atomic E-state index is 3.58. The molecule has 0 spiro atoms. The second-order valence-corrected chi connectivity index (χ2v) is 5.14. The molecule has 0 bridgehead atoms. The lowest BCUT2D eigenvalue weighted by Gasteiger charge is -2.20. The zero-order valence-electron chi connectivity index (χ0n) is 11.3. The molecule has 0 rings (SSSR count). The number of nitrogens with one attached hydrogen (secondary N) is 1. The van der Waals surface area contributed by atoms with Crippen LogP contribution in [0.25, 0.3) is 0 Å². The molecule has 0 aromatic carbocycles. The number of hydrogen-bond acceptors (Lipinski definition) is 2. The third-order valence-electron chi connectivity index (χ3n) is 2.70. The van der Waals surface area contributed by atoms with Gasteiger partial charge in [0, 0.05) is 19.1 Å². The van der Waals surface area contributed by atoms with E-state index in [-0.39, 0.29) is 0 Å². The summed E-state index contributed by atoms with van der Waals surface area (Å²) in [5.74, 6) is 0.797. The molecule has 1 N–H and O–H groups in total. The molecule has 0 saturated heterocycles. The van der Waals surface area contributed by atoms with E-state index in [9.17, 15) is 0 Å². The van der Waals surface area contributed by atoms with Crippen LogP contribution in [0.3, 0.4) is 0 Å². The minimum atomic E-state index is 0.657. The lowest BCUT2D eigenvalue weighted by Crippen LogP contribution is -2.35. The Balaban J connectivity index is 3.35. The Labute approximate surface area is 96.4 Å². The summed E-state index contributed by atoms with van der Waals surface area (Å²) in [6.45, 7) is 12.6. The van der Waals surface area contributed by atoms with Gasteiger partial charge in [-0.2, -0.15) is 0 Å². The van der Waals surface area contributed by atoms with Crippen molar-refractivity contribution in [2.24, 2.45) is 5.92 Å². The van der Waals surface area contributed by atoms with Gasteiger partial charge in [-0.05, 0) is 39.3 Å². The van der Waals surface area contributed by atoms with E-state index >= 15 is 0 Å². The summed E-state index contributed by atoms with van der Waals surface area (Å²) >= 11 is 0. The molecule has 2 nitrogen and oxygen atoms in total. The lowest BCUT2D eigenvalue weighted by molar-refractivity contribution is 0.314. The van der Waals surface area contributed by atoms with Gasteiger partial charge in [-0.15, -0.1) is 0 Å². The Hall–Kier alpha value is -0.0800. The Morgan fingerprint density at radius 2 is 1.80 bits per heavy atom. The molecule has 0 amide bonds. The van der Waals surface area contributed by atoms with Gasteiger partial charge in [0.25, 0.3) is 0 Å². The van der Waals surface area contributed by atoms with Crippen LogP contribution in [0.2, 0.25) is 0 Å². The van der Waals surface area contributed by atoms with Crippen molar-refractivity contribution in [2.75, 3.05) is 26.7 Å². The van der Waals surface area contributed by atoms with Crippen molar-refractivity contribution in [2.45, 2.75) is 53.0 Å². The van der Waals surface area contributed by atoms with Crippen LogP contribution in [0.4, 0.5) is 0 Å². The summed E-state index contributed by atoms with van der Waals surface area (Å²) in [6.07, 6.45) is 3.89. The first-order valence-corrected chi connectivity index (χ1v) is 6.48. The first-order chi connectivity index (χ1) is 7.06. The highest BCUT2D eigenvalue weighted by Gasteiger charge is 2.04. The molecule has 0 aliphatic rings. The van der Waals surface area contributed by atoms with Crippen LogP contribution in [0, 0.1) is 5.92 Å². The largest absolute Gasteiger partial charge is 0.313 e. The second kappa shape index (κ2) is 9.17. The topological polar surface area (TPSA) is 15.3 Å². The maximum atomic E-state index is 3.58. The molecule has 15 heavy (non-hydrogen) atoms. The third-order valence-corrected chi connectivity index (χ3v) is 2.70. The van der Waals surface area contributed by atoms with E-state index in [0.29, 0.717) is 6.04 Å². The molecule has 0 aliphatic heterocycles. The Bertz CT molecular complexity index is 134. The number of hydrogen-bond donors (Lipinski definition) is 1. The molecule has 0 fully saturated rings. The van der Waals surface area contributed by atoms with Gasteiger partial charge in [-0.3, -0.25) is 0 Å². The summed E-state index contributed by atoms with van der Waals surface area (Å²) in [7, 11) is 2.21. The minimum Gasteiger partial charge on any atom is -0.313 e. The van der Waals surface area contributed by atoms with Gasteiger partial charge in [0.05, 0.1) is 0 Å². The highest BCUT2D eigenvalue weighted by Crippen LogP contribution is 2.03. The fourth-order valence-electron chi connectivity index (χ4n) is 1.83. The summed E-state index contributed by atoms with van der Waals surface area (Å²) < 4.78 is 0. The predicted octanol–water partition coefficient (Wildman–Crippen LogP) is 2.74. The van der Waals surface area contributed by atoms with E-state index in [0.717, 1.165) is 12.5 Å². The van der Waals surface area contributed by atoms with E-state index in [2.05, 4.69) is 45.0 Å². The normalized spacial score (nSPS) is 13.8. The van der Waals surface area contributed by atoms with E-state index in [4.69, 9.17) is 0 Å². The predicted molar refractivity (Wildman–Crippen MR) is 69.3 cm³/mol. The van der Waals surface area contributed by atoms with Crippen molar-refractivity contribution < 1.29 is 0 Å². The SMILES string of the molecule is CCCCN(C)CCNC(C)CC(C)C. The highest BCUT2D eigenvalue weighted by atomic mass is 15.1. The zero-order valence-corrected chi connectivity index (χ0v) is 11.3. The van der Waals surface area contributed by atoms with Crippen LogP contribution in [0.1, 0.15) is 47.0 Å². The van der Waals surface area contributed by atoms with Crippen LogP contribution in [-0.2, 0) is 0 Å². The Kier molecular flexibility index (Phi) is 9.12. The number of rotatable bonds is 9. The zero-order chi connectivity index (χ0) is 11.7. The summed E-state index contributed by atoms with van der Waals surface area (Å²) in [4.78, 5) is 2.42. The van der Waals surface area contributed by atoms with Crippen molar-refractivity contribution in [3.8, 4) is 0 Å². The smallest absolute Gasteiger partial charge is 0.0104 e. The first-order valence-electron chi connectivity index (χ1n) is 6.48. The molecule has 0 radical (unpaired) electrons. The third kappa shape index (κ3) is 10.2. The average molecular weight is 214 g/mol. The fraction of sp³-hybridized carbons (Fsp3) is 1.00.